The number of rotatable bonds is 14. The van der Waals surface area contributed by atoms with Crippen molar-refractivity contribution >= 4 is 5.97 Å². The van der Waals surface area contributed by atoms with Crippen LogP contribution in [0.2, 0.25) is 0 Å². The average molecular weight is 428 g/mol. The van der Waals surface area contributed by atoms with E-state index in [1.54, 1.807) is 48.5 Å². The summed E-state index contributed by atoms with van der Waals surface area (Å²) in [5.74, 6) is 0.0599. The number of benzene rings is 2. The molecule has 0 aliphatic heterocycles. The van der Waals surface area contributed by atoms with Gasteiger partial charge in [0.15, 0.2) is 0 Å². The highest BCUT2D eigenvalue weighted by molar-refractivity contribution is 5.85. The molecule has 0 saturated carbocycles. The van der Waals surface area contributed by atoms with E-state index in [2.05, 4.69) is 25.7 Å². The number of nitrogens with zero attached hydrogens (tertiary/aromatic N) is 1. The molecular weight excluding hydrogens is 390 g/mol. The molecule has 2 aromatic rings. The van der Waals surface area contributed by atoms with Crippen molar-refractivity contribution in [3.63, 3.8) is 0 Å². The van der Waals surface area contributed by atoms with Crippen molar-refractivity contribution in [2.75, 3.05) is 32.8 Å². The molecule has 0 saturated heterocycles. The summed E-state index contributed by atoms with van der Waals surface area (Å²) in [7, 11) is 0. The zero-order chi connectivity index (χ0) is 22.5. The first kappa shape index (κ1) is 24.9. The fourth-order valence-corrected chi connectivity index (χ4v) is 3.50. The largest absolute Gasteiger partial charge is 0.494 e. The highest BCUT2D eigenvalue weighted by Gasteiger charge is 2.41. The second-order valence-corrected chi connectivity index (χ2v) is 7.67. The molecule has 1 unspecified atom stereocenters. The minimum atomic E-state index is -1.87. The van der Waals surface area contributed by atoms with E-state index < -0.39 is 11.6 Å². The van der Waals surface area contributed by atoms with E-state index >= 15 is 0 Å². The van der Waals surface area contributed by atoms with Crippen molar-refractivity contribution in [2.45, 2.75) is 52.1 Å². The molecule has 2 aromatic carbocycles. The Labute approximate surface area is 187 Å². The Morgan fingerprint density at radius 2 is 1.52 bits per heavy atom. The Morgan fingerprint density at radius 1 is 0.871 bits per heavy atom. The number of carbonyl (C=O) groups is 1. The molecular formula is C26H37NO4. The maximum absolute atomic E-state index is 13.1. The van der Waals surface area contributed by atoms with Crippen molar-refractivity contribution in [1.29, 1.82) is 0 Å². The van der Waals surface area contributed by atoms with Crippen molar-refractivity contribution in [3.8, 4) is 5.75 Å². The second kappa shape index (κ2) is 13.1. The zero-order valence-electron chi connectivity index (χ0n) is 19.2. The van der Waals surface area contributed by atoms with Crippen molar-refractivity contribution < 1.29 is 19.4 Å². The van der Waals surface area contributed by atoms with Gasteiger partial charge in [0.25, 0.3) is 0 Å². The topological polar surface area (TPSA) is 59.0 Å². The zero-order valence-corrected chi connectivity index (χ0v) is 19.2. The van der Waals surface area contributed by atoms with Crippen LogP contribution in [-0.4, -0.2) is 48.8 Å². The van der Waals surface area contributed by atoms with Crippen LogP contribution in [0, 0.1) is 0 Å². The van der Waals surface area contributed by atoms with Crippen molar-refractivity contribution in [3.05, 3.63) is 65.7 Å². The minimum Gasteiger partial charge on any atom is -0.494 e. The molecule has 1 atom stereocenters. The minimum absolute atomic E-state index is 0.231. The van der Waals surface area contributed by atoms with Gasteiger partial charge in [0.2, 0.25) is 5.60 Å². The SMILES string of the molecule is CCCCCCOc1ccc(C(O)(C(=O)OCCN(CC)CC)c2ccccc2)cc1. The van der Waals surface area contributed by atoms with Gasteiger partial charge in [-0.25, -0.2) is 4.79 Å². The van der Waals surface area contributed by atoms with E-state index in [1.165, 1.54) is 12.8 Å². The van der Waals surface area contributed by atoms with Gasteiger partial charge in [0.1, 0.15) is 12.4 Å². The predicted molar refractivity (Wildman–Crippen MR) is 124 cm³/mol. The van der Waals surface area contributed by atoms with Gasteiger partial charge in [-0.15, -0.1) is 0 Å². The van der Waals surface area contributed by atoms with Gasteiger partial charge in [-0.05, 0) is 42.8 Å². The summed E-state index contributed by atoms with van der Waals surface area (Å²) in [6.45, 7) is 9.62. The fourth-order valence-electron chi connectivity index (χ4n) is 3.50. The van der Waals surface area contributed by atoms with Gasteiger partial charge in [0, 0.05) is 6.54 Å². The van der Waals surface area contributed by atoms with Gasteiger partial charge in [-0.2, -0.15) is 0 Å². The van der Waals surface area contributed by atoms with Gasteiger partial charge in [-0.3, -0.25) is 0 Å². The molecule has 1 N–H and O–H groups in total. The van der Waals surface area contributed by atoms with Gasteiger partial charge < -0.3 is 19.5 Å². The number of hydrogen-bond donors (Lipinski definition) is 1. The van der Waals surface area contributed by atoms with E-state index in [0.29, 0.717) is 24.3 Å². The van der Waals surface area contributed by atoms with Gasteiger partial charge in [0.05, 0.1) is 6.61 Å². The molecule has 0 aliphatic rings. The summed E-state index contributed by atoms with van der Waals surface area (Å²) in [6, 6.07) is 16.0. The number of likely N-dealkylation sites (N-methyl/N-ethyl adjacent to an activating group) is 1. The highest BCUT2D eigenvalue weighted by atomic mass is 16.5. The van der Waals surface area contributed by atoms with E-state index in [4.69, 9.17) is 9.47 Å². The highest BCUT2D eigenvalue weighted by Crippen LogP contribution is 2.32. The molecule has 0 aromatic heterocycles. The number of carbonyl (C=O) groups excluding carboxylic acids is 1. The summed E-state index contributed by atoms with van der Waals surface area (Å²) in [5.41, 5.74) is -0.926. The lowest BCUT2D eigenvalue weighted by Gasteiger charge is -2.28. The van der Waals surface area contributed by atoms with Gasteiger partial charge >= 0.3 is 5.97 Å². The predicted octanol–water partition coefficient (Wildman–Crippen LogP) is 4.77. The third-order valence-corrected chi connectivity index (χ3v) is 5.56. The summed E-state index contributed by atoms with van der Waals surface area (Å²) in [4.78, 5) is 15.2. The first-order valence-corrected chi connectivity index (χ1v) is 11.5. The lowest BCUT2D eigenvalue weighted by atomic mass is 9.86. The van der Waals surface area contributed by atoms with Crippen LogP contribution in [0.3, 0.4) is 0 Å². The van der Waals surface area contributed by atoms with E-state index in [1.807, 2.05) is 6.07 Å². The first-order valence-electron chi connectivity index (χ1n) is 11.5. The first-order chi connectivity index (χ1) is 15.1. The van der Waals surface area contributed by atoms with Crippen LogP contribution < -0.4 is 4.74 Å². The number of esters is 1. The summed E-state index contributed by atoms with van der Waals surface area (Å²) in [5, 5.41) is 11.5. The molecule has 0 aliphatic carbocycles. The maximum Gasteiger partial charge on any atom is 0.347 e. The molecule has 0 spiro atoms. The van der Waals surface area contributed by atoms with E-state index in [-0.39, 0.29) is 6.61 Å². The van der Waals surface area contributed by atoms with Crippen LogP contribution in [0.5, 0.6) is 5.75 Å². The van der Waals surface area contributed by atoms with Crippen molar-refractivity contribution in [2.24, 2.45) is 0 Å². The second-order valence-electron chi connectivity index (χ2n) is 7.67. The van der Waals surface area contributed by atoms with Crippen LogP contribution in [0.4, 0.5) is 0 Å². The Morgan fingerprint density at radius 3 is 2.13 bits per heavy atom. The quantitative estimate of drug-likeness (QED) is 0.348. The van der Waals surface area contributed by atoms with E-state index in [9.17, 15) is 9.90 Å². The van der Waals surface area contributed by atoms with Gasteiger partial charge in [-0.1, -0.05) is 82.5 Å². The summed E-state index contributed by atoms with van der Waals surface area (Å²) >= 11 is 0. The fraction of sp³-hybridized carbons (Fsp3) is 0.500. The number of ether oxygens (including phenoxy) is 2. The van der Waals surface area contributed by atoms with Crippen LogP contribution in [-0.2, 0) is 15.1 Å². The third-order valence-electron chi connectivity index (χ3n) is 5.56. The molecule has 0 amide bonds. The third kappa shape index (κ3) is 7.08. The summed E-state index contributed by atoms with van der Waals surface area (Å²) < 4.78 is 11.3. The lowest BCUT2D eigenvalue weighted by molar-refractivity contribution is -0.162. The normalized spacial score (nSPS) is 13.1. The number of hydrogen-bond acceptors (Lipinski definition) is 5. The Hall–Kier alpha value is -2.37. The van der Waals surface area contributed by atoms with Crippen molar-refractivity contribution in [1.82, 2.24) is 4.90 Å². The van der Waals surface area contributed by atoms with Crippen LogP contribution >= 0.6 is 0 Å². The molecule has 5 heteroatoms. The Kier molecular flexibility index (Phi) is 10.5. The monoisotopic (exact) mass is 427 g/mol. The Balaban J connectivity index is 2.13. The number of unbranched alkanes of at least 4 members (excludes halogenated alkanes) is 3. The number of aliphatic hydroxyl groups is 1. The summed E-state index contributed by atoms with van der Waals surface area (Å²) in [6.07, 6.45) is 4.57. The van der Waals surface area contributed by atoms with E-state index in [0.717, 1.165) is 31.7 Å². The molecule has 0 fully saturated rings. The smallest absolute Gasteiger partial charge is 0.347 e. The molecule has 170 valence electrons. The lowest BCUT2D eigenvalue weighted by Crippen LogP contribution is -2.40. The average Bonchev–Trinajstić information content (AvgIpc) is 2.82. The molecule has 31 heavy (non-hydrogen) atoms. The van der Waals surface area contributed by atoms with Crippen LogP contribution in [0.15, 0.2) is 54.6 Å². The molecule has 2 rings (SSSR count). The molecule has 5 nitrogen and oxygen atoms in total. The Bertz CT molecular complexity index is 759. The molecule has 0 radical (unpaired) electrons. The van der Waals surface area contributed by atoms with Crippen LogP contribution in [0.25, 0.3) is 0 Å². The van der Waals surface area contributed by atoms with Crippen LogP contribution in [0.1, 0.15) is 57.6 Å². The standard InChI is InChI=1S/C26H37NO4/c1-4-7-8-12-20-30-24-17-15-23(16-18-24)26(29,22-13-10-9-11-14-22)25(28)31-21-19-27(5-2)6-3/h9-11,13-18,29H,4-8,12,19-21H2,1-3H3. The maximum atomic E-state index is 13.1. The molecule has 0 bridgehead atoms. The molecule has 0 heterocycles.